The fourth-order valence-corrected chi connectivity index (χ4v) is 5.28. The molecule has 1 fully saturated rings. The molecule has 1 aliphatic rings. The first kappa shape index (κ1) is 16.9. The summed E-state index contributed by atoms with van der Waals surface area (Å²) in [4.78, 5) is 4.80. The molecule has 120 valence electrons. The number of nitrogens with zero attached hydrogens (tertiary/aromatic N) is 1. The number of thiophene rings is 1. The highest BCUT2D eigenvalue weighted by Gasteiger charge is 2.30. The molecule has 0 amide bonds. The van der Waals surface area contributed by atoms with Crippen LogP contribution < -0.4 is 5.32 Å². The van der Waals surface area contributed by atoms with E-state index in [0.717, 1.165) is 19.5 Å². The highest BCUT2D eigenvalue weighted by Crippen LogP contribution is 2.22. The van der Waals surface area contributed by atoms with Gasteiger partial charge in [0.1, 0.15) is 0 Å². The van der Waals surface area contributed by atoms with Crippen molar-refractivity contribution in [3.8, 4) is 0 Å². The van der Waals surface area contributed by atoms with Gasteiger partial charge in [-0.05, 0) is 46.4 Å². The van der Waals surface area contributed by atoms with E-state index >= 15 is 0 Å². The molecule has 0 aliphatic carbocycles. The predicted octanol–water partition coefficient (Wildman–Crippen LogP) is 2.26. The van der Waals surface area contributed by atoms with E-state index in [2.05, 4.69) is 43.1 Å². The van der Waals surface area contributed by atoms with Crippen LogP contribution in [0.4, 0.5) is 0 Å². The Hall–Kier alpha value is -0.430. The zero-order chi connectivity index (χ0) is 15.7. The van der Waals surface area contributed by atoms with Crippen LogP contribution in [0.25, 0.3) is 0 Å². The lowest BCUT2D eigenvalue weighted by atomic mass is 10.1. The zero-order valence-electron chi connectivity index (χ0n) is 13.3. The van der Waals surface area contributed by atoms with E-state index in [4.69, 9.17) is 0 Å². The Morgan fingerprint density at radius 1 is 1.33 bits per heavy atom. The number of hydrogen-bond acceptors (Lipinski definition) is 5. The summed E-state index contributed by atoms with van der Waals surface area (Å²) in [5, 5.41) is 3.49. The second kappa shape index (κ2) is 6.36. The monoisotopic (exact) mass is 330 g/mol. The molecule has 1 atom stereocenters. The molecule has 2 heterocycles. The Morgan fingerprint density at radius 2 is 2.00 bits per heavy atom. The molecular formula is C15H26N2O2S2. The zero-order valence-corrected chi connectivity index (χ0v) is 15.0. The van der Waals surface area contributed by atoms with Crippen molar-refractivity contribution in [2.75, 3.05) is 18.6 Å². The topological polar surface area (TPSA) is 49.4 Å². The number of hydrogen-bond donors (Lipinski definition) is 1. The Morgan fingerprint density at radius 3 is 2.57 bits per heavy atom. The van der Waals surface area contributed by atoms with Crippen LogP contribution in [0.5, 0.6) is 0 Å². The first-order chi connectivity index (χ1) is 9.65. The minimum atomic E-state index is -2.80. The molecule has 0 spiro atoms. The van der Waals surface area contributed by atoms with E-state index < -0.39 is 9.84 Å². The van der Waals surface area contributed by atoms with Gasteiger partial charge in [-0.3, -0.25) is 4.90 Å². The highest BCUT2D eigenvalue weighted by atomic mass is 32.2. The second-order valence-electron chi connectivity index (χ2n) is 6.94. The smallest absolute Gasteiger partial charge is 0.151 e. The summed E-state index contributed by atoms with van der Waals surface area (Å²) in [5.41, 5.74) is 0.124. The molecule has 1 aliphatic heterocycles. The molecular weight excluding hydrogens is 304 g/mol. The van der Waals surface area contributed by atoms with E-state index in [1.807, 2.05) is 7.05 Å². The van der Waals surface area contributed by atoms with E-state index in [9.17, 15) is 8.42 Å². The summed E-state index contributed by atoms with van der Waals surface area (Å²) in [5.74, 6) is 0.653. The van der Waals surface area contributed by atoms with Crippen molar-refractivity contribution < 1.29 is 8.42 Å². The summed E-state index contributed by atoms with van der Waals surface area (Å²) in [6, 6.07) is 4.50. The fraction of sp³-hybridized carbons (Fsp3) is 0.733. The molecule has 1 unspecified atom stereocenters. The molecule has 1 saturated heterocycles. The van der Waals surface area contributed by atoms with Gasteiger partial charge >= 0.3 is 0 Å². The van der Waals surface area contributed by atoms with Crippen LogP contribution in [0, 0.1) is 0 Å². The van der Waals surface area contributed by atoms with Gasteiger partial charge in [0.2, 0.25) is 0 Å². The maximum atomic E-state index is 11.5. The third-order valence-electron chi connectivity index (χ3n) is 3.75. The van der Waals surface area contributed by atoms with E-state index in [-0.39, 0.29) is 11.6 Å². The van der Waals surface area contributed by atoms with E-state index in [0.29, 0.717) is 11.5 Å². The Balaban J connectivity index is 1.87. The van der Waals surface area contributed by atoms with Crippen molar-refractivity contribution in [1.82, 2.24) is 10.2 Å². The van der Waals surface area contributed by atoms with Crippen LogP contribution >= 0.6 is 11.3 Å². The van der Waals surface area contributed by atoms with Crippen molar-refractivity contribution in [3.05, 3.63) is 21.9 Å². The third kappa shape index (κ3) is 5.36. The van der Waals surface area contributed by atoms with Crippen LogP contribution in [0.3, 0.4) is 0 Å². The molecule has 2 rings (SSSR count). The van der Waals surface area contributed by atoms with Crippen LogP contribution in [0.1, 0.15) is 36.9 Å². The first-order valence-electron chi connectivity index (χ1n) is 7.38. The Labute approximate surface area is 132 Å². The summed E-state index contributed by atoms with van der Waals surface area (Å²) in [6.07, 6.45) is 0.767. The van der Waals surface area contributed by atoms with Crippen molar-refractivity contribution >= 4 is 21.2 Å². The number of sulfone groups is 1. The van der Waals surface area contributed by atoms with Gasteiger partial charge in [-0.1, -0.05) is 0 Å². The second-order valence-corrected chi connectivity index (χ2v) is 10.4. The highest BCUT2D eigenvalue weighted by molar-refractivity contribution is 7.91. The lowest BCUT2D eigenvalue weighted by Gasteiger charge is -2.22. The summed E-state index contributed by atoms with van der Waals surface area (Å²) < 4.78 is 23.1. The molecule has 0 aromatic carbocycles. The predicted molar refractivity (Wildman–Crippen MR) is 89.4 cm³/mol. The SMILES string of the molecule is CN(Cc1ccc(CNC(C)(C)C)s1)C1CCS(=O)(=O)C1. The fourth-order valence-electron chi connectivity index (χ4n) is 2.45. The van der Waals surface area contributed by atoms with E-state index in [1.165, 1.54) is 9.75 Å². The van der Waals surface area contributed by atoms with Crippen molar-refractivity contribution in [3.63, 3.8) is 0 Å². The summed E-state index contributed by atoms with van der Waals surface area (Å²) in [7, 11) is -0.775. The van der Waals surface area contributed by atoms with Gasteiger partial charge in [0.05, 0.1) is 11.5 Å². The molecule has 6 heteroatoms. The largest absolute Gasteiger partial charge is 0.307 e. The minimum Gasteiger partial charge on any atom is -0.307 e. The lowest BCUT2D eigenvalue weighted by Crippen LogP contribution is -2.34. The average molecular weight is 331 g/mol. The van der Waals surface area contributed by atoms with Gasteiger partial charge in [0, 0.05) is 34.4 Å². The maximum Gasteiger partial charge on any atom is 0.151 e. The average Bonchev–Trinajstić information content (AvgIpc) is 2.92. The summed E-state index contributed by atoms with van der Waals surface area (Å²) >= 11 is 1.81. The Bertz CT molecular complexity index is 573. The molecule has 4 nitrogen and oxygen atoms in total. The number of nitrogens with one attached hydrogen (secondary N) is 1. The maximum absolute atomic E-state index is 11.5. The molecule has 0 radical (unpaired) electrons. The molecule has 1 aromatic heterocycles. The van der Waals surface area contributed by atoms with Crippen molar-refractivity contribution in [2.45, 2.75) is 51.9 Å². The molecule has 0 saturated carbocycles. The molecule has 21 heavy (non-hydrogen) atoms. The van der Waals surface area contributed by atoms with Gasteiger partial charge in [0.15, 0.2) is 9.84 Å². The van der Waals surface area contributed by atoms with Crippen molar-refractivity contribution in [1.29, 1.82) is 0 Å². The van der Waals surface area contributed by atoms with Crippen LogP contribution in [0.2, 0.25) is 0 Å². The van der Waals surface area contributed by atoms with Crippen molar-refractivity contribution in [2.24, 2.45) is 0 Å². The molecule has 1 N–H and O–H groups in total. The van der Waals surface area contributed by atoms with Gasteiger partial charge in [0.25, 0.3) is 0 Å². The molecule has 1 aromatic rings. The number of rotatable bonds is 5. The van der Waals surface area contributed by atoms with Gasteiger partial charge in [-0.15, -0.1) is 11.3 Å². The van der Waals surface area contributed by atoms with Gasteiger partial charge < -0.3 is 5.32 Å². The quantitative estimate of drug-likeness (QED) is 0.900. The minimum absolute atomic E-state index is 0.124. The normalized spacial score (nSPS) is 22.0. The van der Waals surface area contributed by atoms with Gasteiger partial charge in [-0.2, -0.15) is 0 Å². The van der Waals surface area contributed by atoms with E-state index in [1.54, 1.807) is 11.3 Å². The van der Waals surface area contributed by atoms with Crippen LogP contribution in [-0.4, -0.2) is 43.5 Å². The standard InChI is InChI=1S/C15H26N2O2S2/c1-15(2,3)16-9-13-5-6-14(20-13)10-17(4)12-7-8-21(18,19)11-12/h5-6,12,16H,7-11H2,1-4H3. The third-order valence-corrected chi connectivity index (χ3v) is 6.57. The van der Waals surface area contributed by atoms with Crippen LogP contribution in [0.15, 0.2) is 12.1 Å². The lowest BCUT2D eigenvalue weighted by molar-refractivity contribution is 0.256. The summed E-state index contributed by atoms with van der Waals surface area (Å²) in [6.45, 7) is 8.21. The van der Waals surface area contributed by atoms with Crippen LogP contribution in [-0.2, 0) is 22.9 Å². The molecule has 0 bridgehead atoms. The van der Waals surface area contributed by atoms with Gasteiger partial charge in [-0.25, -0.2) is 8.42 Å². The first-order valence-corrected chi connectivity index (χ1v) is 10.0. The Kier molecular flexibility index (Phi) is 5.13.